The zero-order valence-electron chi connectivity index (χ0n) is 9.47. The monoisotopic (exact) mass is 209 g/mol. The standard InChI is InChI=1S/C11H19N3O/c1-14(2)7-6-13-8-9-10(12)4-3-5-11(9)15/h8,12-13H,3-7H2,1-2H3/b9-8+,12-10?. The average Bonchev–Trinajstić information content (AvgIpc) is 2.15. The van der Waals surface area contributed by atoms with Gasteiger partial charge in [-0.3, -0.25) is 4.79 Å². The van der Waals surface area contributed by atoms with E-state index in [1.165, 1.54) is 0 Å². The van der Waals surface area contributed by atoms with Gasteiger partial charge in [0.05, 0.1) is 5.57 Å². The maximum Gasteiger partial charge on any atom is 0.166 e. The Morgan fingerprint density at radius 1 is 1.47 bits per heavy atom. The summed E-state index contributed by atoms with van der Waals surface area (Å²) in [7, 11) is 4.01. The molecule has 1 fully saturated rings. The molecule has 0 radical (unpaired) electrons. The molecule has 0 aliphatic heterocycles. The number of hydrogen-bond donors (Lipinski definition) is 2. The minimum atomic E-state index is 0.101. The maximum absolute atomic E-state index is 11.5. The van der Waals surface area contributed by atoms with Crippen LogP contribution in [0.5, 0.6) is 0 Å². The Balaban J connectivity index is 2.42. The molecular formula is C11H19N3O. The van der Waals surface area contributed by atoms with Crippen molar-refractivity contribution in [1.29, 1.82) is 5.41 Å². The summed E-state index contributed by atoms with van der Waals surface area (Å²) in [5, 5.41) is 10.7. The number of likely N-dealkylation sites (N-methyl/N-ethyl adjacent to an activating group) is 1. The number of allylic oxidation sites excluding steroid dienone is 1. The van der Waals surface area contributed by atoms with Crippen LogP contribution in [-0.4, -0.2) is 43.6 Å². The van der Waals surface area contributed by atoms with Gasteiger partial charge in [-0.25, -0.2) is 0 Å². The van der Waals surface area contributed by atoms with Gasteiger partial charge in [0.2, 0.25) is 0 Å². The number of carbonyl (C=O) groups is 1. The minimum absolute atomic E-state index is 0.101. The fourth-order valence-corrected chi connectivity index (χ4v) is 1.49. The number of nitrogens with zero attached hydrogens (tertiary/aromatic N) is 1. The van der Waals surface area contributed by atoms with Crippen LogP contribution < -0.4 is 5.32 Å². The second-order valence-corrected chi connectivity index (χ2v) is 4.07. The molecule has 15 heavy (non-hydrogen) atoms. The first-order valence-corrected chi connectivity index (χ1v) is 5.30. The van der Waals surface area contributed by atoms with Crippen molar-refractivity contribution in [1.82, 2.24) is 10.2 Å². The fraction of sp³-hybridized carbons (Fsp3) is 0.636. The second-order valence-electron chi connectivity index (χ2n) is 4.07. The first-order valence-electron chi connectivity index (χ1n) is 5.30. The van der Waals surface area contributed by atoms with E-state index in [1.807, 2.05) is 14.1 Å². The van der Waals surface area contributed by atoms with Crippen molar-refractivity contribution < 1.29 is 4.79 Å². The largest absolute Gasteiger partial charge is 0.389 e. The number of rotatable bonds is 4. The Labute approximate surface area is 90.8 Å². The summed E-state index contributed by atoms with van der Waals surface area (Å²) in [5.74, 6) is 0.101. The lowest BCUT2D eigenvalue weighted by atomic mass is 9.92. The minimum Gasteiger partial charge on any atom is -0.389 e. The smallest absolute Gasteiger partial charge is 0.166 e. The van der Waals surface area contributed by atoms with Crippen molar-refractivity contribution in [2.75, 3.05) is 27.2 Å². The molecule has 0 saturated heterocycles. The third kappa shape index (κ3) is 3.83. The van der Waals surface area contributed by atoms with E-state index in [0.717, 1.165) is 25.9 Å². The van der Waals surface area contributed by atoms with E-state index in [9.17, 15) is 4.79 Å². The highest BCUT2D eigenvalue weighted by Gasteiger charge is 2.19. The second kappa shape index (κ2) is 5.66. The van der Waals surface area contributed by atoms with E-state index in [0.29, 0.717) is 17.7 Å². The first kappa shape index (κ1) is 11.9. The van der Waals surface area contributed by atoms with Crippen LogP contribution in [0.15, 0.2) is 11.8 Å². The van der Waals surface area contributed by atoms with Gasteiger partial charge in [-0.1, -0.05) is 0 Å². The number of nitrogens with one attached hydrogen (secondary N) is 2. The number of hydrogen-bond acceptors (Lipinski definition) is 4. The normalized spacial score (nSPS) is 20.1. The predicted molar refractivity (Wildman–Crippen MR) is 61.2 cm³/mol. The topological polar surface area (TPSA) is 56.2 Å². The maximum atomic E-state index is 11.5. The van der Waals surface area contributed by atoms with Crippen molar-refractivity contribution in [3.05, 3.63) is 11.8 Å². The molecule has 0 bridgehead atoms. The summed E-state index contributed by atoms with van der Waals surface area (Å²) < 4.78 is 0. The van der Waals surface area contributed by atoms with Gasteiger partial charge in [0.15, 0.2) is 5.78 Å². The highest BCUT2D eigenvalue weighted by molar-refractivity contribution is 6.22. The molecule has 0 aromatic rings. The van der Waals surface area contributed by atoms with Crippen molar-refractivity contribution >= 4 is 11.5 Å². The van der Waals surface area contributed by atoms with Gasteiger partial charge in [0.25, 0.3) is 0 Å². The molecule has 1 rings (SSSR count). The van der Waals surface area contributed by atoms with Crippen LogP contribution in [0.4, 0.5) is 0 Å². The van der Waals surface area contributed by atoms with Crippen molar-refractivity contribution in [2.24, 2.45) is 0 Å². The van der Waals surface area contributed by atoms with Gasteiger partial charge in [-0.2, -0.15) is 0 Å². The first-order chi connectivity index (χ1) is 7.11. The zero-order valence-corrected chi connectivity index (χ0v) is 9.47. The van der Waals surface area contributed by atoms with E-state index >= 15 is 0 Å². The lowest BCUT2D eigenvalue weighted by molar-refractivity contribution is -0.115. The molecule has 1 aliphatic carbocycles. The Morgan fingerprint density at radius 2 is 2.20 bits per heavy atom. The summed E-state index contributed by atoms with van der Waals surface area (Å²) in [6.07, 6.45) is 3.84. The molecule has 0 spiro atoms. The van der Waals surface area contributed by atoms with Crippen LogP contribution in [0.25, 0.3) is 0 Å². The van der Waals surface area contributed by atoms with Crippen LogP contribution in [0.1, 0.15) is 19.3 Å². The number of ketones is 1. The molecule has 0 aromatic heterocycles. The Morgan fingerprint density at radius 3 is 2.80 bits per heavy atom. The van der Waals surface area contributed by atoms with Crippen LogP contribution >= 0.6 is 0 Å². The molecule has 0 amide bonds. The van der Waals surface area contributed by atoms with E-state index in [4.69, 9.17) is 5.41 Å². The highest BCUT2D eigenvalue weighted by atomic mass is 16.1. The molecule has 0 unspecified atom stereocenters. The van der Waals surface area contributed by atoms with Gasteiger partial charge < -0.3 is 15.6 Å². The third-order valence-corrected chi connectivity index (χ3v) is 2.41. The predicted octanol–water partition coefficient (Wildman–Crippen LogP) is 0.794. The van der Waals surface area contributed by atoms with Crippen LogP contribution in [0.3, 0.4) is 0 Å². The molecule has 0 heterocycles. The molecule has 1 saturated carbocycles. The van der Waals surface area contributed by atoms with E-state index in [-0.39, 0.29) is 5.78 Å². The summed E-state index contributed by atoms with van der Waals surface area (Å²) in [6, 6.07) is 0. The van der Waals surface area contributed by atoms with E-state index in [1.54, 1.807) is 6.20 Å². The molecule has 2 N–H and O–H groups in total. The van der Waals surface area contributed by atoms with Crippen LogP contribution in [0.2, 0.25) is 0 Å². The lowest BCUT2D eigenvalue weighted by Crippen LogP contribution is -2.26. The van der Waals surface area contributed by atoms with Crippen LogP contribution in [-0.2, 0) is 4.79 Å². The SMILES string of the molecule is CN(C)CCN/C=C1\C(=N)CCCC1=O. The van der Waals surface area contributed by atoms with E-state index in [2.05, 4.69) is 10.2 Å². The quantitative estimate of drug-likeness (QED) is 0.532. The van der Waals surface area contributed by atoms with Crippen molar-refractivity contribution in [3.8, 4) is 0 Å². The van der Waals surface area contributed by atoms with Crippen molar-refractivity contribution in [2.45, 2.75) is 19.3 Å². The molecule has 84 valence electrons. The highest BCUT2D eigenvalue weighted by Crippen LogP contribution is 2.15. The number of carbonyl (C=O) groups excluding carboxylic acids is 1. The Hall–Kier alpha value is -1.16. The molecule has 0 aromatic carbocycles. The molecule has 1 aliphatic rings. The third-order valence-electron chi connectivity index (χ3n) is 2.41. The summed E-state index contributed by atoms with van der Waals surface area (Å²) in [4.78, 5) is 13.5. The summed E-state index contributed by atoms with van der Waals surface area (Å²) >= 11 is 0. The Kier molecular flexibility index (Phi) is 4.49. The molecular weight excluding hydrogens is 190 g/mol. The molecule has 0 atom stereocenters. The summed E-state index contributed by atoms with van der Waals surface area (Å²) in [5.41, 5.74) is 1.05. The van der Waals surface area contributed by atoms with Crippen molar-refractivity contribution in [3.63, 3.8) is 0 Å². The summed E-state index contributed by atoms with van der Waals surface area (Å²) in [6.45, 7) is 1.72. The van der Waals surface area contributed by atoms with Gasteiger partial charge in [0.1, 0.15) is 0 Å². The lowest BCUT2D eigenvalue weighted by Gasteiger charge is -2.15. The Bertz CT molecular complexity index is 264. The van der Waals surface area contributed by atoms with Gasteiger partial charge in [-0.05, 0) is 26.9 Å². The zero-order chi connectivity index (χ0) is 11.3. The fourth-order valence-electron chi connectivity index (χ4n) is 1.49. The van der Waals surface area contributed by atoms with E-state index < -0.39 is 0 Å². The van der Waals surface area contributed by atoms with Gasteiger partial charge in [0, 0.05) is 31.4 Å². The van der Waals surface area contributed by atoms with Gasteiger partial charge >= 0.3 is 0 Å². The molecule has 4 nitrogen and oxygen atoms in total. The van der Waals surface area contributed by atoms with Gasteiger partial charge in [-0.15, -0.1) is 0 Å². The number of Topliss-reactive ketones (excluding diaryl/α,β-unsaturated/α-hetero) is 1. The molecule has 4 heteroatoms. The average molecular weight is 209 g/mol. The van der Waals surface area contributed by atoms with Crippen LogP contribution in [0, 0.1) is 5.41 Å².